The summed E-state index contributed by atoms with van der Waals surface area (Å²) < 4.78 is 0. The largest absolute Gasteiger partial charge is 0.481 e. The molecule has 166 valence electrons. The first kappa shape index (κ1) is 26.3. The van der Waals surface area contributed by atoms with Crippen molar-refractivity contribution < 1.29 is 34.2 Å². The predicted octanol–water partition coefficient (Wildman–Crippen LogP) is -0.951. The molecule has 0 spiro atoms. The molecule has 0 aromatic heterocycles. The zero-order valence-electron chi connectivity index (χ0n) is 17.4. The fourth-order valence-corrected chi connectivity index (χ4v) is 2.43. The van der Waals surface area contributed by atoms with Gasteiger partial charge >= 0.3 is 11.9 Å². The van der Waals surface area contributed by atoms with Gasteiger partial charge in [-0.3, -0.25) is 19.2 Å². The Bertz CT molecular complexity index is 619. The summed E-state index contributed by atoms with van der Waals surface area (Å²) in [6.45, 7) is 8.29. The van der Waals surface area contributed by atoms with Crippen molar-refractivity contribution in [2.45, 2.75) is 71.6 Å². The van der Waals surface area contributed by atoms with E-state index in [1.807, 2.05) is 0 Å². The predicted molar refractivity (Wildman–Crippen MR) is 104 cm³/mol. The number of hydrogen-bond acceptors (Lipinski definition) is 6. The van der Waals surface area contributed by atoms with Crippen molar-refractivity contribution >= 4 is 29.7 Å². The summed E-state index contributed by atoms with van der Waals surface area (Å²) in [5.41, 5.74) is 5.48. The van der Waals surface area contributed by atoms with E-state index in [1.165, 1.54) is 6.92 Å². The highest BCUT2D eigenvalue weighted by Gasteiger charge is 2.32. The van der Waals surface area contributed by atoms with Crippen LogP contribution in [0.3, 0.4) is 0 Å². The summed E-state index contributed by atoms with van der Waals surface area (Å²) in [6.07, 6.45) is -0.620. The van der Waals surface area contributed by atoms with E-state index in [2.05, 4.69) is 16.0 Å². The fraction of sp³-hybridized carbons (Fsp3) is 0.722. The monoisotopic (exact) mass is 416 g/mol. The molecule has 0 heterocycles. The Hall–Kier alpha value is -2.69. The van der Waals surface area contributed by atoms with Crippen molar-refractivity contribution in [3.63, 3.8) is 0 Å². The van der Waals surface area contributed by atoms with Crippen LogP contribution in [0.4, 0.5) is 0 Å². The van der Waals surface area contributed by atoms with Crippen molar-refractivity contribution in [3.8, 4) is 0 Å². The lowest BCUT2D eigenvalue weighted by atomic mass is 10.0. The number of hydrogen-bond donors (Lipinski definition) is 6. The molecule has 0 saturated heterocycles. The Balaban J connectivity index is 5.40. The van der Waals surface area contributed by atoms with E-state index in [0.717, 1.165) is 0 Å². The van der Waals surface area contributed by atoms with Gasteiger partial charge in [0.15, 0.2) is 0 Å². The van der Waals surface area contributed by atoms with E-state index >= 15 is 0 Å². The third kappa shape index (κ3) is 9.88. The summed E-state index contributed by atoms with van der Waals surface area (Å²) in [4.78, 5) is 59.4. The second kappa shape index (κ2) is 12.0. The van der Waals surface area contributed by atoms with E-state index in [-0.39, 0.29) is 18.3 Å². The molecule has 4 unspecified atom stereocenters. The van der Waals surface area contributed by atoms with Crippen molar-refractivity contribution in [2.24, 2.45) is 17.6 Å². The number of amides is 3. The number of aliphatic carboxylic acids is 2. The average molecular weight is 416 g/mol. The van der Waals surface area contributed by atoms with E-state index in [1.54, 1.807) is 27.7 Å². The van der Waals surface area contributed by atoms with E-state index in [0.29, 0.717) is 0 Å². The highest BCUT2D eigenvalue weighted by molar-refractivity contribution is 5.95. The zero-order valence-corrected chi connectivity index (χ0v) is 17.4. The standard InChI is InChI=1S/C18H32N4O7/c1-8(2)6-12(18(28)29)21-16(26)11(7-13(23)24)20-17(27)14(9(3)4)22-15(25)10(5)19/h8-12,14H,6-7,19H2,1-5H3,(H,20,27)(H,21,26)(H,22,25)(H,23,24)(H,28,29). The molecule has 0 bridgehead atoms. The first-order valence-corrected chi connectivity index (χ1v) is 9.37. The van der Waals surface area contributed by atoms with Crippen LogP contribution in [0.15, 0.2) is 0 Å². The molecule has 0 radical (unpaired) electrons. The Morgan fingerprint density at radius 2 is 1.31 bits per heavy atom. The summed E-state index contributed by atoms with van der Waals surface area (Å²) in [7, 11) is 0. The van der Waals surface area contributed by atoms with Crippen molar-refractivity contribution in [3.05, 3.63) is 0 Å². The van der Waals surface area contributed by atoms with Crippen molar-refractivity contribution in [2.75, 3.05) is 0 Å². The van der Waals surface area contributed by atoms with Gasteiger partial charge in [0, 0.05) is 0 Å². The molecule has 7 N–H and O–H groups in total. The lowest BCUT2D eigenvalue weighted by molar-refractivity contribution is -0.144. The number of nitrogens with two attached hydrogens (primary N) is 1. The van der Waals surface area contributed by atoms with Gasteiger partial charge in [-0.25, -0.2) is 4.79 Å². The number of carbonyl (C=O) groups excluding carboxylic acids is 3. The maximum Gasteiger partial charge on any atom is 0.326 e. The minimum Gasteiger partial charge on any atom is -0.481 e. The smallest absolute Gasteiger partial charge is 0.326 e. The molecule has 0 rings (SSSR count). The Morgan fingerprint density at radius 1 is 0.793 bits per heavy atom. The van der Waals surface area contributed by atoms with E-state index in [9.17, 15) is 29.1 Å². The van der Waals surface area contributed by atoms with Crippen LogP contribution in [-0.4, -0.2) is 64.0 Å². The van der Waals surface area contributed by atoms with Gasteiger partial charge in [0.05, 0.1) is 12.5 Å². The van der Waals surface area contributed by atoms with Crippen LogP contribution >= 0.6 is 0 Å². The second-order valence-corrected chi connectivity index (χ2v) is 7.71. The van der Waals surface area contributed by atoms with E-state index in [4.69, 9.17) is 10.8 Å². The maximum atomic E-state index is 12.6. The molecule has 0 aromatic carbocycles. The van der Waals surface area contributed by atoms with E-state index < -0.39 is 60.2 Å². The van der Waals surface area contributed by atoms with Gasteiger partial charge in [-0.1, -0.05) is 27.7 Å². The average Bonchev–Trinajstić information content (AvgIpc) is 2.56. The maximum absolute atomic E-state index is 12.6. The molecular weight excluding hydrogens is 384 g/mol. The number of nitrogens with one attached hydrogen (secondary N) is 3. The van der Waals surface area contributed by atoms with Gasteiger partial charge < -0.3 is 31.9 Å². The highest BCUT2D eigenvalue weighted by atomic mass is 16.4. The molecule has 4 atom stereocenters. The van der Waals surface area contributed by atoms with Gasteiger partial charge in [0.25, 0.3) is 0 Å². The van der Waals surface area contributed by atoms with Crippen LogP contribution in [0.5, 0.6) is 0 Å². The lowest BCUT2D eigenvalue weighted by Gasteiger charge is -2.26. The van der Waals surface area contributed by atoms with Crippen LogP contribution < -0.4 is 21.7 Å². The van der Waals surface area contributed by atoms with Gasteiger partial charge in [-0.2, -0.15) is 0 Å². The minimum atomic E-state index is -1.51. The zero-order chi connectivity index (χ0) is 22.9. The second-order valence-electron chi connectivity index (χ2n) is 7.71. The van der Waals surface area contributed by atoms with Gasteiger partial charge in [-0.05, 0) is 25.2 Å². The lowest BCUT2D eigenvalue weighted by Crippen LogP contribution is -2.58. The first-order valence-electron chi connectivity index (χ1n) is 9.37. The molecular formula is C18H32N4O7. The SMILES string of the molecule is CC(C)CC(NC(=O)C(CC(=O)O)NC(=O)C(NC(=O)C(C)N)C(C)C)C(=O)O. The number of rotatable bonds is 12. The van der Waals surface area contributed by atoms with Crippen molar-refractivity contribution in [1.82, 2.24) is 16.0 Å². The molecule has 11 nitrogen and oxygen atoms in total. The Morgan fingerprint density at radius 3 is 1.69 bits per heavy atom. The number of carboxylic acids is 2. The molecule has 0 fully saturated rings. The molecule has 0 aromatic rings. The van der Waals surface area contributed by atoms with Gasteiger partial charge in [-0.15, -0.1) is 0 Å². The molecule has 0 saturated carbocycles. The van der Waals surface area contributed by atoms with Crippen molar-refractivity contribution in [1.29, 1.82) is 0 Å². The third-order valence-electron chi connectivity index (χ3n) is 3.99. The normalized spacial score (nSPS) is 15.2. The van der Waals surface area contributed by atoms with Crippen LogP contribution in [0.1, 0.15) is 47.5 Å². The summed E-state index contributed by atoms with van der Waals surface area (Å²) in [6, 6.07) is -4.66. The summed E-state index contributed by atoms with van der Waals surface area (Å²) >= 11 is 0. The highest BCUT2D eigenvalue weighted by Crippen LogP contribution is 2.07. The van der Waals surface area contributed by atoms with Gasteiger partial charge in [0.1, 0.15) is 18.1 Å². The van der Waals surface area contributed by atoms with Crippen LogP contribution in [0.25, 0.3) is 0 Å². The Kier molecular flexibility index (Phi) is 10.9. The topological polar surface area (TPSA) is 188 Å². The quantitative estimate of drug-likeness (QED) is 0.235. The summed E-state index contributed by atoms with van der Waals surface area (Å²) in [5.74, 6) is -5.33. The van der Waals surface area contributed by atoms with Gasteiger partial charge in [0.2, 0.25) is 17.7 Å². The Labute approximate surface area is 169 Å². The third-order valence-corrected chi connectivity index (χ3v) is 3.99. The molecule has 29 heavy (non-hydrogen) atoms. The van der Waals surface area contributed by atoms with Crippen LogP contribution in [0.2, 0.25) is 0 Å². The fourth-order valence-electron chi connectivity index (χ4n) is 2.43. The number of carbonyl (C=O) groups is 5. The first-order chi connectivity index (χ1) is 13.3. The molecule has 0 aliphatic heterocycles. The molecule has 0 aliphatic rings. The van der Waals surface area contributed by atoms with Crippen LogP contribution in [-0.2, 0) is 24.0 Å². The van der Waals surface area contributed by atoms with Crippen LogP contribution in [0, 0.1) is 11.8 Å². The molecule has 11 heteroatoms. The molecule has 3 amide bonds. The summed E-state index contributed by atoms with van der Waals surface area (Å²) in [5, 5.41) is 25.3. The molecule has 0 aliphatic carbocycles. The number of carboxylic acid groups (broad SMARTS) is 2. The minimum absolute atomic E-state index is 0.0392.